The fourth-order valence-corrected chi connectivity index (χ4v) is 2.66. The lowest BCUT2D eigenvalue weighted by molar-refractivity contribution is -0.274. The minimum atomic E-state index is -4.72. The van der Waals surface area contributed by atoms with Gasteiger partial charge in [0, 0.05) is 17.8 Å². The van der Waals surface area contributed by atoms with Gasteiger partial charge in [0.15, 0.2) is 0 Å². The highest BCUT2D eigenvalue weighted by Gasteiger charge is 2.47. The van der Waals surface area contributed by atoms with Crippen molar-refractivity contribution >= 4 is 5.69 Å². The Balaban J connectivity index is 1.60. The van der Waals surface area contributed by atoms with Crippen LogP contribution in [-0.2, 0) is 0 Å². The number of aliphatic hydroxyl groups is 1. The molecule has 7 heteroatoms. The van der Waals surface area contributed by atoms with Gasteiger partial charge in [-0.1, -0.05) is 6.07 Å². The molecule has 110 valence electrons. The second-order valence-electron chi connectivity index (χ2n) is 5.28. The highest BCUT2D eigenvalue weighted by atomic mass is 19.4. The van der Waals surface area contributed by atoms with Crippen molar-refractivity contribution in [3.05, 3.63) is 24.3 Å². The van der Waals surface area contributed by atoms with Gasteiger partial charge in [0.05, 0.1) is 6.04 Å². The van der Waals surface area contributed by atoms with Gasteiger partial charge in [-0.3, -0.25) is 0 Å². The SMILES string of the molecule is OC(Nc1cccc(OC(F)(F)F)c1)[C@@H]1C[C@H]2C[C@H]2N1. The Morgan fingerprint density at radius 3 is 2.80 bits per heavy atom. The van der Waals surface area contributed by atoms with Crippen molar-refractivity contribution in [1.82, 2.24) is 5.32 Å². The first-order valence-corrected chi connectivity index (χ1v) is 6.47. The predicted molar refractivity (Wildman–Crippen MR) is 66.2 cm³/mol. The molecule has 1 aliphatic carbocycles. The standard InChI is InChI=1S/C13H15F3N2O2/c14-13(15,16)20-9-3-1-2-8(6-9)17-12(19)11-5-7-4-10(7)18-11/h1-3,6-7,10-12,17-19H,4-5H2/t7-,10-,11+,12?/m1/s1. The van der Waals surface area contributed by atoms with Crippen molar-refractivity contribution in [3.63, 3.8) is 0 Å². The number of alkyl halides is 3. The van der Waals surface area contributed by atoms with Gasteiger partial charge in [-0.05, 0) is 30.9 Å². The first-order chi connectivity index (χ1) is 9.40. The van der Waals surface area contributed by atoms with E-state index >= 15 is 0 Å². The van der Waals surface area contributed by atoms with E-state index in [-0.39, 0.29) is 11.8 Å². The van der Waals surface area contributed by atoms with Crippen molar-refractivity contribution in [2.45, 2.75) is 37.5 Å². The monoisotopic (exact) mass is 288 g/mol. The molecule has 4 atom stereocenters. The topological polar surface area (TPSA) is 53.5 Å². The molecule has 0 amide bonds. The van der Waals surface area contributed by atoms with E-state index in [1.807, 2.05) is 0 Å². The number of fused-ring (bicyclic) bond motifs is 1. The molecule has 2 fully saturated rings. The number of halogens is 3. The average molecular weight is 288 g/mol. The van der Waals surface area contributed by atoms with Gasteiger partial charge in [0.1, 0.15) is 12.0 Å². The molecule has 1 heterocycles. The smallest absolute Gasteiger partial charge is 0.406 e. The van der Waals surface area contributed by atoms with Gasteiger partial charge in [0.25, 0.3) is 0 Å². The fraction of sp³-hybridized carbons (Fsp3) is 0.538. The summed E-state index contributed by atoms with van der Waals surface area (Å²) in [5.74, 6) is 0.327. The van der Waals surface area contributed by atoms with Gasteiger partial charge in [0.2, 0.25) is 0 Å². The summed E-state index contributed by atoms with van der Waals surface area (Å²) in [5.41, 5.74) is 0.390. The van der Waals surface area contributed by atoms with E-state index < -0.39 is 12.6 Å². The van der Waals surface area contributed by atoms with Crippen LogP contribution in [0.25, 0.3) is 0 Å². The third kappa shape index (κ3) is 3.16. The number of hydrogen-bond donors (Lipinski definition) is 3. The zero-order valence-electron chi connectivity index (χ0n) is 10.5. The van der Waals surface area contributed by atoms with Gasteiger partial charge in [-0.2, -0.15) is 0 Å². The first-order valence-electron chi connectivity index (χ1n) is 6.47. The largest absolute Gasteiger partial charge is 0.573 e. The quantitative estimate of drug-likeness (QED) is 0.742. The highest BCUT2D eigenvalue weighted by Crippen LogP contribution is 2.41. The molecule has 1 unspecified atom stereocenters. The summed E-state index contributed by atoms with van der Waals surface area (Å²) in [6.07, 6.45) is -3.51. The van der Waals surface area contributed by atoms with Crippen LogP contribution in [0.2, 0.25) is 0 Å². The van der Waals surface area contributed by atoms with Crippen LogP contribution in [0.4, 0.5) is 18.9 Å². The number of benzene rings is 1. The Bertz CT molecular complexity index is 485. The van der Waals surface area contributed by atoms with Crippen LogP contribution >= 0.6 is 0 Å². The minimum absolute atomic E-state index is 0.0639. The maximum Gasteiger partial charge on any atom is 0.573 e. The summed E-state index contributed by atoms with van der Waals surface area (Å²) in [7, 11) is 0. The molecule has 0 radical (unpaired) electrons. The number of rotatable bonds is 4. The Labute approximate surface area is 113 Å². The van der Waals surface area contributed by atoms with Gasteiger partial charge in [-0.15, -0.1) is 13.2 Å². The second-order valence-corrected chi connectivity index (χ2v) is 5.28. The van der Waals surface area contributed by atoms with Crippen molar-refractivity contribution in [3.8, 4) is 5.75 Å². The molecule has 1 aliphatic heterocycles. The maximum absolute atomic E-state index is 12.1. The van der Waals surface area contributed by atoms with E-state index in [1.165, 1.54) is 18.2 Å². The Morgan fingerprint density at radius 2 is 2.15 bits per heavy atom. The Hall–Kier alpha value is -1.47. The summed E-state index contributed by atoms with van der Waals surface area (Å²) in [4.78, 5) is 0. The minimum Gasteiger partial charge on any atom is -0.406 e. The van der Waals surface area contributed by atoms with Gasteiger partial charge < -0.3 is 20.5 Å². The van der Waals surface area contributed by atoms with E-state index in [4.69, 9.17) is 0 Å². The molecule has 3 N–H and O–H groups in total. The second kappa shape index (κ2) is 4.82. The molecule has 0 spiro atoms. The third-order valence-corrected chi connectivity index (χ3v) is 3.67. The van der Waals surface area contributed by atoms with Gasteiger partial charge >= 0.3 is 6.36 Å². The Morgan fingerprint density at radius 1 is 1.35 bits per heavy atom. The zero-order chi connectivity index (χ0) is 14.3. The third-order valence-electron chi connectivity index (χ3n) is 3.67. The molecule has 1 saturated carbocycles. The summed E-state index contributed by atoms with van der Waals surface area (Å²) in [5, 5.41) is 16.1. The van der Waals surface area contributed by atoms with E-state index in [0.29, 0.717) is 17.6 Å². The van der Waals surface area contributed by atoms with E-state index in [9.17, 15) is 18.3 Å². The lowest BCUT2D eigenvalue weighted by atomic mass is 10.1. The lowest BCUT2D eigenvalue weighted by Crippen LogP contribution is -2.41. The molecule has 4 nitrogen and oxygen atoms in total. The number of aliphatic hydroxyl groups excluding tert-OH is 1. The molecule has 1 aromatic rings. The number of hydrogen-bond acceptors (Lipinski definition) is 4. The van der Waals surface area contributed by atoms with Crippen LogP contribution in [0.3, 0.4) is 0 Å². The molecule has 1 aromatic carbocycles. The fourth-order valence-electron chi connectivity index (χ4n) is 2.66. The molecule has 1 saturated heterocycles. The zero-order valence-corrected chi connectivity index (χ0v) is 10.5. The van der Waals surface area contributed by atoms with Crippen molar-refractivity contribution in [2.24, 2.45) is 5.92 Å². The maximum atomic E-state index is 12.1. The molecule has 0 bridgehead atoms. The molecular formula is C13H15F3N2O2. The van der Waals surface area contributed by atoms with Crippen LogP contribution < -0.4 is 15.4 Å². The summed E-state index contributed by atoms with van der Waals surface area (Å²) in [6.45, 7) is 0. The lowest BCUT2D eigenvalue weighted by Gasteiger charge is -2.22. The molecule has 0 aromatic heterocycles. The van der Waals surface area contributed by atoms with Crippen LogP contribution in [0, 0.1) is 5.92 Å². The number of ether oxygens (including phenoxy) is 1. The van der Waals surface area contributed by atoms with Crippen LogP contribution in [0.5, 0.6) is 5.75 Å². The first kappa shape index (κ1) is 13.5. The van der Waals surface area contributed by atoms with E-state index in [0.717, 1.165) is 12.8 Å². The molecular weight excluding hydrogens is 273 g/mol. The average Bonchev–Trinajstić information content (AvgIpc) is 2.94. The van der Waals surface area contributed by atoms with Crippen LogP contribution in [0.1, 0.15) is 12.8 Å². The van der Waals surface area contributed by atoms with Crippen molar-refractivity contribution in [1.29, 1.82) is 0 Å². The summed E-state index contributed by atoms with van der Waals surface area (Å²) < 4.78 is 40.2. The van der Waals surface area contributed by atoms with Crippen LogP contribution in [-0.4, -0.2) is 29.8 Å². The van der Waals surface area contributed by atoms with Crippen LogP contribution in [0.15, 0.2) is 24.3 Å². The number of piperidine rings is 1. The van der Waals surface area contributed by atoms with Crippen molar-refractivity contribution < 1.29 is 23.0 Å². The van der Waals surface area contributed by atoms with Crippen molar-refractivity contribution in [2.75, 3.05) is 5.32 Å². The summed E-state index contributed by atoms with van der Waals surface area (Å²) in [6, 6.07) is 5.89. The molecule has 20 heavy (non-hydrogen) atoms. The highest BCUT2D eigenvalue weighted by molar-refractivity contribution is 5.48. The predicted octanol–water partition coefficient (Wildman–Crippen LogP) is 2.07. The van der Waals surface area contributed by atoms with E-state index in [2.05, 4.69) is 15.4 Å². The Kier molecular flexibility index (Phi) is 3.25. The number of anilines is 1. The molecule has 3 rings (SSSR count). The normalized spacial score (nSPS) is 29.7. The number of nitrogens with one attached hydrogen (secondary N) is 2. The van der Waals surface area contributed by atoms with E-state index in [1.54, 1.807) is 6.07 Å². The molecule has 2 aliphatic rings. The van der Waals surface area contributed by atoms with Gasteiger partial charge in [-0.25, -0.2) is 0 Å². The summed E-state index contributed by atoms with van der Waals surface area (Å²) >= 11 is 0.